The van der Waals surface area contributed by atoms with Crippen molar-refractivity contribution in [2.24, 2.45) is 7.05 Å². The highest BCUT2D eigenvalue weighted by atomic mass is 16.5. The third-order valence-electron chi connectivity index (χ3n) is 4.98. The van der Waals surface area contributed by atoms with E-state index in [0.717, 1.165) is 11.1 Å². The van der Waals surface area contributed by atoms with E-state index in [0.29, 0.717) is 16.9 Å². The van der Waals surface area contributed by atoms with Crippen molar-refractivity contribution in [2.75, 3.05) is 11.9 Å². The number of hydrogen-bond acceptors (Lipinski definition) is 4. The van der Waals surface area contributed by atoms with E-state index in [1.165, 1.54) is 4.68 Å². The van der Waals surface area contributed by atoms with Gasteiger partial charge in [-0.05, 0) is 50.1 Å². The van der Waals surface area contributed by atoms with Crippen LogP contribution in [0.1, 0.15) is 27.2 Å². The summed E-state index contributed by atoms with van der Waals surface area (Å²) in [6.45, 7) is 4.98. The summed E-state index contributed by atoms with van der Waals surface area (Å²) in [5.41, 5.74) is 3.26. The van der Waals surface area contributed by atoms with Crippen molar-refractivity contribution in [1.29, 1.82) is 0 Å². The van der Waals surface area contributed by atoms with E-state index in [4.69, 9.17) is 4.74 Å². The summed E-state index contributed by atoms with van der Waals surface area (Å²) in [6, 6.07) is 14.4. The van der Waals surface area contributed by atoms with Crippen molar-refractivity contribution in [3.05, 3.63) is 81.3 Å². The molecule has 2 aromatic carbocycles. The van der Waals surface area contributed by atoms with Crippen LogP contribution in [-0.2, 0) is 16.6 Å². The highest BCUT2D eigenvalue weighted by Crippen LogP contribution is 2.15. The summed E-state index contributed by atoms with van der Waals surface area (Å²) in [6.07, 6.45) is 0. The number of esters is 1. The molecule has 0 fully saturated rings. The number of para-hydroxylation sites is 1. The molecular formula is C22H23N3O4. The average Bonchev–Trinajstić information content (AvgIpc) is 2.92. The lowest BCUT2D eigenvalue weighted by molar-refractivity contribution is -0.119. The van der Waals surface area contributed by atoms with E-state index in [1.54, 1.807) is 42.9 Å². The zero-order valence-electron chi connectivity index (χ0n) is 16.9. The average molecular weight is 393 g/mol. The normalized spacial score (nSPS) is 10.6. The molecule has 1 heterocycles. The summed E-state index contributed by atoms with van der Waals surface area (Å²) in [5.74, 6) is -1.15. The molecule has 0 atom stereocenters. The van der Waals surface area contributed by atoms with Gasteiger partial charge in [-0.2, -0.15) is 0 Å². The predicted octanol–water partition coefficient (Wildman–Crippen LogP) is 2.90. The number of anilines is 1. The van der Waals surface area contributed by atoms with Crippen molar-refractivity contribution < 1.29 is 14.3 Å². The van der Waals surface area contributed by atoms with E-state index in [-0.39, 0.29) is 11.2 Å². The number of carbonyl (C=O) groups is 2. The Bertz CT molecular complexity index is 1130. The van der Waals surface area contributed by atoms with Crippen LogP contribution in [0, 0.1) is 20.8 Å². The number of aryl methyl sites for hydroxylation is 1. The van der Waals surface area contributed by atoms with Crippen molar-refractivity contribution >= 4 is 17.6 Å². The summed E-state index contributed by atoms with van der Waals surface area (Å²) in [4.78, 5) is 37.4. The number of benzene rings is 2. The first kappa shape index (κ1) is 20.1. The molecule has 7 nitrogen and oxygen atoms in total. The fourth-order valence-electron chi connectivity index (χ4n) is 3.07. The molecule has 7 heteroatoms. The Labute approximate surface area is 168 Å². The lowest BCUT2D eigenvalue weighted by Gasteiger charge is -2.09. The first-order valence-corrected chi connectivity index (χ1v) is 9.18. The van der Waals surface area contributed by atoms with Crippen molar-refractivity contribution in [1.82, 2.24) is 9.36 Å². The van der Waals surface area contributed by atoms with Gasteiger partial charge in [-0.25, -0.2) is 9.48 Å². The van der Waals surface area contributed by atoms with E-state index in [2.05, 4.69) is 5.32 Å². The smallest absolute Gasteiger partial charge is 0.338 e. The SMILES string of the molecule is Cc1cccc(C(=O)OCC(=O)Nc2c(C)n(C)n(-c3ccccc3)c2=O)c1C. The molecule has 0 spiro atoms. The lowest BCUT2D eigenvalue weighted by atomic mass is 10.0. The Morgan fingerprint density at radius 3 is 2.38 bits per heavy atom. The van der Waals surface area contributed by atoms with Crippen LogP contribution in [0.15, 0.2) is 53.3 Å². The molecule has 0 bridgehead atoms. The Balaban J connectivity index is 1.74. The number of nitrogens with one attached hydrogen (secondary N) is 1. The predicted molar refractivity (Wildman–Crippen MR) is 111 cm³/mol. The minimum Gasteiger partial charge on any atom is -0.452 e. The number of carbonyl (C=O) groups excluding carboxylic acids is 2. The second kappa shape index (κ2) is 8.18. The first-order valence-electron chi connectivity index (χ1n) is 9.18. The summed E-state index contributed by atoms with van der Waals surface area (Å²) < 4.78 is 8.26. The Kier molecular flexibility index (Phi) is 5.68. The van der Waals surface area contributed by atoms with Crippen molar-refractivity contribution in [2.45, 2.75) is 20.8 Å². The molecule has 0 radical (unpaired) electrons. The van der Waals surface area contributed by atoms with Crippen LogP contribution in [0.3, 0.4) is 0 Å². The van der Waals surface area contributed by atoms with E-state index < -0.39 is 18.5 Å². The summed E-state index contributed by atoms with van der Waals surface area (Å²) in [5, 5.41) is 2.57. The molecule has 1 N–H and O–H groups in total. The Hall–Kier alpha value is -3.61. The Morgan fingerprint density at radius 2 is 1.69 bits per heavy atom. The second-order valence-corrected chi connectivity index (χ2v) is 6.81. The molecule has 1 aromatic heterocycles. The van der Waals surface area contributed by atoms with E-state index in [9.17, 15) is 14.4 Å². The number of rotatable bonds is 5. The number of ether oxygens (including phenoxy) is 1. The summed E-state index contributed by atoms with van der Waals surface area (Å²) in [7, 11) is 1.74. The van der Waals surface area contributed by atoms with Crippen molar-refractivity contribution in [3.63, 3.8) is 0 Å². The van der Waals surface area contributed by atoms with Gasteiger partial charge in [0.2, 0.25) is 0 Å². The monoisotopic (exact) mass is 393 g/mol. The van der Waals surface area contributed by atoms with E-state index in [1.807, 2.05) is 38.1 Å². The zero-order valence-corrected chi connectivity index (χ0v) is 16.9. The molecule has 1 amide bonds. The van der Waals surface area contributed by atoms with Crippen LogP contribution in [0.5, 0.6) is 0 Å². The van der Waals surface area contributed by atoms with Crippen LogP contribution in [0.2, 0.25) is 0 Å². The fourth-order valence-corrected chi connectivity index (χ4v) is 3.07. The molecule has 0 aliphatic heterocycles. The standard InChI is InChI=1S/C22H23N3O4/c1-14-9-8-12-18(15(14)2)22(28)29-13-19(26)23-20-16(3)24(4)25(21(20)27)17-10-6-5-7-11-17/h5-12H,13H2,1-4H3,(H,23,26). The second-order valence-electron chi connectivity index (χ2n) is 6.81. The highest BCUT2D eigenvalue weighted by Gasteiger charge is 2.19. The molecule has 0 saturated carbocycles. The van der Waals surface area contributed by atoms with Gasteiger partial charge in [-0.15, -0.1) is 0 Å². The third kappa shape index (κ3) is 3.99. The van der Waals surface area contributed by atoms with Gasteiger partial charge in [0, 0.05) is 7.05 Å². The number of nitrogens with zero attached hydrogens (tertiary/aromatic N) is 2. The molecule has 0 aliphatic carbocycles. The van der Waals surface area contributed by atoms with Gasteiger partial charge in [0.25, 0.3) is 11.5 Å². The van der Waals surface area contributed by atoms with Gasteiger partial charge in [0.1, 0.15) is 5.69 Å². The molecule has 3 rings (SSSR count). The van der Waals surface area contributed by atoms with Crippen LogP contribution in [0.4, 0.5) is 5.69 Å². The number of hydrogen-bond donors (Lipinski definition) is 1. The van der Waals surface area contributed by atoms with Gasteiger partial charge in [0.05, 0.1) is 16.9 Å². The van der Waals surface area contributed by atoms with Crippen LogP contribution in [0.25, 0.3) is 5.69 Å². The minimum atomic E-state index is -0.576. The fraction of sp³-hybridized carbons (Fsp3) is 0.227. The molecule has 0 aliphatic rings. The third-order valence-corrected chi connectivity index (χ3v) is 4.98. The largest absolute Gasteiger partial charge is 0.452 e. The molecule has 150 valence electrons. The summed E-state index contributed by atoms with van der Waals surface area (Å²) >= 11 is 0. The first-order chi connectivity index (χ1) is 13.8. The number of aromatic nitrogens is 2. The lowest BCUT2D eigenvalue weighted by Crippen LogP contribution is -2.26. The molecule has 0 unspecified atom stereocenters. The molecule has 3 aromatic rings. The van der Waals surface area contributed by atoms with Crippen molar-refractivity contribution in [3.8, 4) is 5.69 Å². The minimum absolute atomic E-state index is 0.157. The number of amides is 1. The van der Waals surface area contributed by atoms with Gasteiger partial charge in [-0.3, -0.25) is 14.3 Å². The van der Waals surface area contributed by atoms with E-state index >= 15 is 0 Å². The van der Waals surface area contributed by atoms with Crippen LogP contribution < -0.4 is 10.9 Å². The zero-order chi connectivity index (χ0) is 21.1. The maximum absolute atomic E-state index is 12.8. The maximum atomic E-state index is 12.8. The highest BCUT2D eigenvalue weighted by molar-refractivity contribution is 5.96. The van der Waals surface area contributed by atoms with Gasteiger partial charge in [0.15, 0.2) is 6.61 Å². The maximum Gasteiger partial charge on any atom is 0.338 e. The Morgan fingerprint density at radius 1 is 1.00 bits per heavy atom. The van der Waals surface area contributed by atoms with Crippen LogP contribution >= 0.6 is 0 Å². The van der Waals surface area contributed by atoms with Gasteiger partial charge in [-0.1, -0.05) is 30.3 Å². The quantitative estimate of drug-likeness (QED) is 0.676. The van der Waals surface area contributed by atoms with Gasteiger partial charge >= 0.3 is 5.97 Å². The molecule has 0 saturated heterocycles. The molecular weight excluding hydrogens is 370 g/mol. The van der Waals surface area contributed by atoms with Gasteiger partial charge < -0.3 is 10.1 Å². The van der Waals surface area contributed by atoms with Crippen LogP contribution in [-0.4, -0.2) is 27.8 Å². The topological polar surface area (TPSA) is 82.3 Å². The molecule has 29 heavy (non-hydrogen) atoms.